The number of rotatable bonds is 9. The van der Waals surface area contributed by atoms with Crippen molar-refractivity contribution >= 4 is 11.8 Å². The van der Waals surface area contributed by atoms with Gasteiger partial charge in [0.25, 0.3) is 0 Å². The molecule has 30 heavy (non-hydrogen) atoms. The highest BCUT2D eigenvalue weighted by Crippen LogP contribution is 2.16. The number of aryl methyl sites for hydroxylation is 1. The van der Waals surface area contributed by atoms with Crippen LogP contribution in [0.2, 0.25) is 0 Å². The van der Waals surface area contributed by atoms with Crippen LogP contribution in [-0.4, -0.2) is 28.5 Å². The van der Waals surface area contributed by atoms with Crippen molar-refractivity contribution in [3.63, 3.8) is 0 Å². The van der Waals surface area contributed by atoms with Gasteiger partial charge in [-0.2, -0.15) is 4.98 Å². The number of carbonyl (C=O) groups excluding carboxylic acids is 2. The number of nitrogens with one attached hydrogen (secondary N) is 1. The van der Waals surface area contributed by atoms with Crippen LogP contribution in [0.1, 0.15) is 17.9 Å². The summed E-state index contributed by atoms with van der Waals surface area (Å²) in [5.41, 5.74) is 6.75. The SMILES string of the molecule is NC(=O)C(CNC(=O)CCc1nc(-c2ccc(F)cc2)no1)Cc1ccc(F)cc1. The second-order valence-corrected chi connectivity index (χ2v) is 6.75. The molecule has 0 aliphatic heterocycles. The number of hydrogen-bond acceptors (Lipinski definition) is 5. The molecule has 0 saturated carbocycles. The molecule has 0 bridgehead atoms. The van der Waals surface area contributed by atoms with Gasteiger partial charge >= 0.3 is 0 Å². The highest BCUT2D eigenvalue weighted by molar-refractivity contribution is 5.80. The Balaban J connectivity index is 1.48. The molecule has 9 heteroatoms. The molecule has 0 saturated heterocycles. The molecule has 1 heterocycles. The van der Waals surface area contributed by atoms with E-state index in [2.05, 4.69) is 15.5 Å². The lowest BCUT2D eigenvalue weighted by Crippen LogP contribution is -2.37. The summed E-state index contributed by atoms with van der Waals surface area (Å²) in [6.07, 6.45) is 0.576. The van der Waals surface area contributed by atoms with Crippen molar-refractivity contribution in [1.29, 1.82) is 0 Å². The second-order valence-electron chi connectivity index (χ2n) is 6.75. The van der Waals surface area contributed by atoms with Gasteiger partial charge in [-0.05, 0) is 48.4 Å². The minimum atomic E-state index is -0.618. The molecular formula is C21H20F2N4O3. The fraction of sp³-hybridized carbons (Fsp3) is 0.238. The molecule has 0 aliphatic rings. The van der Waals surface area contributed by atoms with Crippen molar-refractivity contribution in [1.82, 2.24) is 15.5 Å². The highest BCUT2D eigenvalue weighted by Gasteiger charge is 2.18. The predicted molar refractivity (Wildman–Crippen MR) is 104 cm³/mol. The zero-order valence-corrected chi connectivity index (χ0v) is 16.0. The number of carbonyl (C=O) groups is 2. The molecule has 1 unspecified atom stereocenters. The molecule has 0 spiro atoms. The van der Waals surface area contributed by atoms with Gasteiger partial charge in [0.05, 0.1) is 5.92 Å². The van der Waals surface area contributed by atoms with E-state index in [1.54, 1.807) is 12.1 Å². The van der Waals surface area contributed by atoms with E-state index in [1.807, 2.05) is 0 Å². The van der Waals surface area contributed by atoms with Crippen molar-refractivity contribution in [2.45, 2.75) is 19.3 Å². The van der Waals surface area contributed by atoms with Crippen molar-refractivity contribution in [3.8, 4) is 11.4 Å². The molecule has 1 aromatic heterocycles. The van der Waals surface area contributed by atoms with Gasteiger partial charge < -0.3 is 15.6 Å². The molecule has 7 nitrogen and oxygen atoms in total. The molecule has 3 rings (SSSR count). The highest BCUT2D eigenvalue weighted by atomic mass is 19.1. The van der Waals surface area contributed by atoms with E-state index < -0.39 is 11.8 Å². The summed E-state index contributed by atoms with van der Waals surface area (Å²) in [6.45, 7) is 0.0657. The normalized spacial score (nSPS) is 11.8. The van der Waals surface area contributed by atoms with E-state index in [9.17, 15) is 18.4 Å². The van der Waals surface area contributed by atoms with Gasteiger partial charge in [0.1, 0.15) is 11.6 Å². The van der Waals surface area contributed by atoms with E-state index in [0.717, 1.165) is 5.56 Å². The molecule has 2 amide bonds. The fourth-order valence-electron chi connectivity index (χ4n) is 2.80. The number of primary amides is 1. The Kier molecular flexibility index (Phi) is 6.84. The molecule has 0 radical (unpaired) electrons. The van der Waals surface area contributed by atoms with E-state index in [1.165, 1.54) is 36.4 Å². The van der Waals surface area contributed by atoms with E-state index in [-0.39, 0.29) is 42.8 Å². The Morgan fingerprint density at radius 3 is 2.30 bits per heavy atom. The summed E-state index contributed by atoms with van der Waals surface area (Å²) in [4.78, 5) is 28.0. The molecule has 0 fully saturated rings. The van der Waals surface area contributed by atoms with Crippen molar-refractivity contribution in [2.75, 3.05) is 6.54 Å². The molecule has 3 aromatic rings. The third-order valence-electron chi connectivity index (χ3n) is 4.48. The fourth-order valence-corrected chi connectivity index (χ4v) is 2.80. The first-order chi connectivity index (χ1) is 14.4. The van der Waals surface area contributed by atoms with Crippen LogP contribution in [-0.2, 0) is 22.4 Å². The Morgan fingerprint density at radius 2 is 1.67 bits per heavy atom. The Labute approximate surface area is 171 Å². The first kappa shape index (κ1) is 21.1. The quantitative estimate of drug-likeness (QED) is 0.559. The van der Waals surface area contributed by atoms with Crippen LogP contribution in [0, 0.1) is 17.6 Å². The molecule has 0 aliphatic carbocycles. The van der Waals surface area contributed by atoms with E-state index in [0.29, 0.717) is 17.8 Å². The van der Waals surface area contributed by atoms with Crippen molar-refractivity contribution < 1.29 is 22.9 Å². The lowest BCUT2D eigenvalue weighted by atomic mass is 9.98. The number of hydrogen-bond donors (Lipinski definition) is 2. The molecule has 1 atom stereocenters. The zero-order valence-electron chi connectivity index (χ0n) is 16.0. The number of nitrogens with zero attached hydrogens (tertiary/aromatic N) is 2. The van der Waals surface area contributed by atoms with E-state index >= 15 is 0 Å². The number of nitrogens with two attached hydrogens (primary N) is 1. The first-order valence-electron chi connectivity index (χ1n) is 9.29. The minimum absolute atomic E-state index is 0.0657. The van der Waals surface area contributed by atoms with Crippen LogP contribution >= 0.6 is 0 Å². The number of benzene rings is 2. The maximum Gasteiger partial charge on any atom is 0.227 e. The Bertz CT molecular complexity index is 1000. The lowest BCUT2D eigenvalue weighted by molar-refractivity contribution is -0.123. The molecule has 2 aromatic carbocycles. The number of amides is 2. The topological polar surface area (TPSA) is 111 Å². The van der Waals surface area contributed by atoms with Crippen molar-refractivity contribution in [2.24, 2.45) is 11.7 Å². The average molecular weight is 414 g/mol. The van der Waals surface area contributed by atoms with Crippen LogP contribution in [0.15, 0.2) is 53.1 Å². The predicted octanol–water partition coefficient (Wildman–Crippen LogP) is 2.41. The number of aromatic nitrogens is 2. The Morgan fingerprint density at radius 1 is 1.03 bits per heavy atom. The zero-order chi connectivity index (χ0) is 21.5. The van der Waals surface area contributed by atoms with Gasteiger partial charge in [0.15, 0.2) is 0 Å². The van der Waals surface area contributed by atoms with Crippen LogP contribution in [0.5, 0.6) is 0 Å². The van der Waals surface area contributed by atoms with Gasteiger partial charge in [-0.3, -0.25) is 9.59 Å². The van der Waals surface area contributed by atoms with Gasteiger partial charge in [-0.1, -0.05) is 17.3 Å². The summed E-state index contributed by atoms with van der Waals surface area (Å²) >= 11 is 0. The van der Waals surface area contributed by atoms with Gasteiger partial charge in [-0.25, -0.2) is 8.78 Å². The lowest BCUT2D eigenvalue weighted by Gasteiger charge is -2.14. The van der Waals surface area contributed by atoms with Crippen LogP contribution in [0.4, 0.5) is 8.78 Å². The van der Waals surface area contributed by atoms with Crippen LogP contribution in [0.3, 0.4) is 0 Å². The monoisotopic (exact) mass is 414 g/mol. The average Bonchev–Trinajstić information content (AvgIpc) is 3.20. The summed E-state index contributed by atoms with van der Waals surface area (Å²) in [7, 11) is 0. The third kappa shape index (κ3) is 5.94. The molecular weight excluding hydrogens is 394 g/mol. The van der Waals surface area contributed by atoms with E-state index in [4.69, 9.17) is 10.3 Å². The summed E-state index contributed by atoms with van der Waals surface area (Å²) in [5.74, 6) is -1.64. The standard InChI is InChI=1S/C21H20F2N4O3/c22-16-5-1-13(2-6-16)11-15(20(24)29)12-25-18(28)9-10-19-26-21(27-30-19)14-3-7-17(23)8-4-14/h1-8,15H,9-12H2,(H2,24,29)(H,25,28). The maximum atomic E-state index is 13.0. The van der Waals surface area contributed by atoms with Gasteiger partial charge in [-0.15, -0.1) is 0 Å². The molecule has 156 valence electrons. The van der Waals surface area contributed by atoms with Gasteiger partial charge in [0, 0.05) is 24.9 Å². The summed E-state index contributed by atoms with van der Waals surface area (Å²) in [5, 5.41) is 6.48. The Hall–Kier alpha value is -3.62. The first-order valence-corrected chi connectivity index (χ1v) is 9.29. The smallest absolute Gasteiger partial charge is 0.227 e. The summed E-state index contributed by atoms with van der Waals surface area (Å²) < 4.78 is 31.1. The van der Waals surface area contributed by atoms with Crippen molar-refractivity contribution in [3.05, 3.63) is 71.6 Å². The van der Waals surface area contributed by atoms with Crippen LogP contribution in [0.25, 0.3) is 11.4 Å². The maximum absolute atomic E-state index is 13.0. The third-order valence-corrected chi connectivity index (χ3v) is 4.48. The summed E-state index contributed by atoms with van der Waals surface area (Å²) in [6, 6.07) is 11.4. The molecule has 3 N–H and O–H groups in total. The second kappa shape index (κ2) is 9.73. The van der Waals surface area contributed by atoms with Crippen LogP contribution < -0.4 is 11.1 Å². The largest absolute Gasteiger partial charge is 0.369 e. The van der Waals surface area contributed by atoms with Gasteiger partial charge in [0.2, 0.25) is 23.5 Å². The minimum Gasteiger partial charge on any atom is -0.369 e. The number of halogens is 2.